The van der Waals surface area contributed by atoms with Crippen LogP contribution in [0, 0.1) is 5.92 Å². The first kappa shape index (κ1) is 14.8. The van der Waals surface area contributed by atoms with E-state index in [1.807, 2.05) is 0 Å². The van der Waals surface area contributed by atoms with E-state index in [0.29, 0.717) is 25.4 Å². The van der Waals surface area contributed by atoms with E-state index in [1.165, 1.54) is 4.90 Å². The molecule has 1 aliphatic rings. The Labute approximate surface area is 109 Å². The average Bonchev–Trinajstić information content (AvgIpc) is 2.74. The summed E-state index contributed by atoms with van der Waals surface area (Å²) in [5, 5.41) is 12.1. The van der Waals surface area contributed by atoms with E-state index in [1.54, 1.807) is 6.92 Å². The first-order valence-electron chi connectivity index (χ1n) is 6.74. The SMILES string of the molecule is CCC(CC)CNC(=O)N1CCCC1(C)C(=O)O. The third kappa shape index (κ3) is 2.94. The van der Waals surface area contributed by atoms with Crippen molar-refractivity contribution in [3.63, 3.8) is 0 Å². The predicted octanol–water partition coefficient (Wildman–Crippen LogP) is 2.07. The summed E-state index contributed by atoms with van der Waals surface area (Å²) in [7, 11) is 0. The molecule has 2 N–H and O–H groups in total. The fourth-order valence-electron chi connectivity index (χ4n) is 2.42. The standard InChI is InChI=1S/C13H24N2O3/c1-4-10(5-2)9-14-12(18)15-8-6-7-13(15,3)11(16)17/h10H,4-9H2,1-3H3,(H,14,18)(H,16,17). The molecule has 0 radical (unpaired) electrons. The van der Waals surface area contributed by atoms with Crippen LogP contribution >= 0.6 is 0 Å². The molecule has 2 amide bonds. The van der Waals surface area contributed by atoms with Crippen molar-refractivity contribution in [2.45, 2.75) is 52.0 Å². The number of hydrogen-bond acceptors (Lipinski definition) is 2. The lowest BCUT2D eigenvalue weighted by Gasteiger charge is -2.31. The molecule has 0 bridgehead atoms. The van der Waals surface area contributed by atoms with Crippen molar-refractivity contribution in [1.82, 2.24) is 10.2 Å². The second-order valence-electron chi connectivity index (χ2n) is 5.20. The number of likely N-dealkylation sites (tertiary alicyclic amines) is 1. The van der Waals surface area contributed by atoms with E-state index in [9.17, 15) is 14.7 Å². The van der Waals surface area contributed by atoms with Crippen LogP contribution < -0.4 is 5.32 Å². The molecule has 5 nitrogen and oxygen atoms in total. The van der Waals surface area contributed by atoms with Gasteiger partial charge in [0.1, 0.15) is 5.54 Å². The molecule has 1 atom stereocenters. The summed E-state index contributed by atoms with van der Waals surface area (Å²) in [6, 6.07) is -0.246. The lowest BCUT2D eigenvalue weighted by atomic mass is 9.99. The highest BCUT2D eigenvalue weighted by atomic mass is 16.4. The lowest BCUT2D eigenvalue weighted by molar-refractivity contribution is -0.147. The molecular weight excluding hydrogens is 232 g/mol. The number of carbonyl (C=O) groups excluding carboxylic acids is 1. The van der Waals surface area contributed by atoms with Gasteiger partial charge in [-0.05, 0) is 25.7 Å². The Bertz CT molecular complexity index is 315. The van der Waals surface area contributed by atoms with Gasteiger partial charge in [0.05, 0.1) is 0 Å². The summed E-state index contributed by atoms with van der Waals surface area (Å²) in [5.74, 6) is -0.453. The Morgan fingerprint density at radius 3 is 2.50 bits per heavy atom. The van der Waals surface area contributed by atoms with Gasteiger partial charge in [0.2, 0.25) is 0 Å². The molecule has 0 aromatic heterocycles. The molecule has 1 heterocycles. The largest absolute Gasteiger partial charge is 0.480 e. The molecule has 104 valence electrons. The van der Waals surface area contributed by atoms with Gasteiger partial charge in [-0.25, -0.2) is 9.59 Å². The molecule has 1 unspecified atom stereocenters. The number of carboxylic acid groups (broad SMARTS) is 1. The highest BCUT2D eigenvalue weighted by molar-refractivity contribution is 5.86. The zero-order valence-corrected chi connectivity index (χ0v) is 11.5. The lowest BCUT2D eigenvalue weighted by Crippen LogP contribution is -2.54. The monoisotopic (exact) mass is 256 g/mol. The number of urea groups is 1. The minimum Gasteiger partial charge on any atom is -0.480 e. The van der Waals surface area contributed by atoms with E-state index in [2.05, 4.69) is 19.2 Å². The van der Waals surface area contributed by atoms with Crippen molar-refractivity contribution in [3.8, 4) is 0 Å². The molecule has 0 aromatic rings. The summed E-state index contributed by atoms with van der Waals surface area (Å²) in [5.41, 5.74) is -1.04. The summed E-state index contributed by atoms with van der Waals surface area (Å²) < 4.78 is 0. The number of aliphatic carboxylic acids is 1. The molecule has 18 heavy (non-hydrogen) atoms. The minimum absolute atomic E-state index is 0.246. The van der Waals surface area contributed by atoms with Crippen LogP contribution in [-0.2, 0) is 4.79 Å². The highest BCUT2D eigenvalue weighted by Crippen LogP contribution is 2.29. The summed E-state index contributed by atoms with van der Waals surface area (Å²) >= 11 is 0. The van der Waals surface area contributed by atoms with Crippen LogP contribution in [0.3, 0.4) is 0 Å². The van der Waals surface area contributed by atoms with Gasteiger partial charge in [-0.15, -0.1) is 0 Å². The fraction of sp³-hybridized carbons (Fsp3) is 0.846. The number of carbonyl (C=O) groups is 2. The zero-order valence-electron chi connectivity index (χ0n) is 11.5. The minimum atomic E-state index is -1.04. The smallest absolute Gasteiger partial charge is 0.329 e. The van der Waals surface area contributed by atoms with Gasteiger partial charge in [0, 0.05) is 13.1 Å². The third-order valence-corrected chi connectivity index (χ3v) is 4.04. The molecule has 1 saturated heterocycles. The quantitative estimate of drug-likeness (QED) is 0.791. The third-order valence-electron chi connectivity index (χ3n) is 4.04. The maximum Gasteiger partial charge on any atom is 0.329 e. The van der Waals surface area contributed by atoms with Gasteiger partial charge in [-0.2, -0.15) is 0 Å². The van der Waals surface area contributed by atoms with Crippen molar-refractivity contribution < 1.29 is 14.7 Å². The number of hydrogen-bond donors (Lipinski definition) is 2. The molecule has 0 saturated carbocycles. The van der Waals surface area contributed by atoms with Crippen LogP contribution in [0.1, 0.15) is 46.5 Å². The summed E-state index contributed by atoms with van der Waals surface area (Å²) in [6.07, 6.45) is 3.32. The van der Waals surface area contributed by atoms with E-state index in [0.717, 1.165) is 19.3 Å². The molecule has 1 rings (SSSR count). The van der Waals surface area contributed by atoms with Crippen LogP contribution in [0.25, 0.3) is 0 Å². The predicted molar refractivity (Wildman–Crippen MR) is 69.5 cm³/mol. The Balaban J connectivity index is 2.58. The maximum atomic E-state index is 12.1. The zero-order chi connectivity index (χ0) is 13.8. The molecule has 0 spiro atoms. The normalized spacial score (nSPS) is 23.4. The highest BCUT2D eigenvalue weighted by Gasteiger charge is 2.45. The van der Waals surface area contributed by atoms with Crippen molar-refractivity contribution >= 4 is 12.0 Å². The fourth-order valence-corrected chi connectivity index (χ4v) is 2.42. The van der Waals surface area contributed by atoms with Gasteiger partial charge in [0.25, 0.3) is 0 Å². The topological polar surface area (TPSA) is 69.6 Å². The van der Waals surface area contributed by atoms with E-state index in [4.69, 9.17) is 0 Å². The molecule has 1 fully saturated rings. The summed E-state index contributed by atoms with van der Waals surface area (Å²) in [4.78, 5) is 24.8. The van der Waals surface area contributed by atoms with Crippen LogP contribution in [0.5, 0.6) is 0 Å². The Kier molecular flexibility index (Phi) is 4.99. The average molecular weight is 256 g/mol. The second kappa shape index (κ2) is 6.07. The van der Waals surface area contributed by atoms with Gasteiger partial charge in [-0.1, -0.05) is 26.7 Å². The van der Waals surface area contributed by atoms with Crippen LogP contribution in [0.15, 0.2) is 0 Å². The summed E-state index contributed by atoms with van der Waals surface area (Å²) in [6.45, 7) is 6.96. The van der Waals surface area contributed by atoms with Crippen LogP contribution in [0.4, 0.5) is 4.79 Å². The first-order valence-corrected chi connectivity index (χ1v) is 6.74. The van der Waals surface area contributed by atoms with Crippen LogP contribution in [0.2, 0.25) is 0 Å². The number of nitrogens with one attached hydrogen (secondary N) is 1. The van der Waals surface area contributed by atoms with Gasteiger partial charge in [0.15, 0.2) is 0 Å². The van der Waals surface area contributed by atoms with Crippen LogP contribution in [-0.4, -0.2) is 40.6 Å². The van der Waals surface area contributed by atoms with Crippen molar-refractivity contribution in [2.75, 3.05) is 13.1 Å². The number of amides is 2. The number of carboxylic acids is 1. The van der Waals surface area contributed by atoms with E-state index in [-0.39, 0.29) is 6.03 Å². The molecule has 0 aromatic carbocycles. The first-order chi connectivity index (χ1) is 8.45. The molecule has 1 aliphatic heterocycles. The second-order valence-corrected chi connectivity index (χ2v) is 5.20. The Morgan fingerprint density at radius 2 is 2.00 bits per heavy atom. The maximum absolute atomic E-state index is 12.1. The van der Waals surface area contributed by atoms with Gasteiger partial charge < -0.3 is 15.3 Å². The Morgan fingerprint density at radius 1 is 1.39 bits per heavy atom. The van der Waals surface area contributed by atoms with Gasteiger partial charge in [-0.3, -0.25) is 0 Å². The van der Waals surface area contributed by atoms with Crippen molar-refractivity contribution in [2.24, 2.45) is 5.92 Å². The van der Waals surface area contributed by atoms with Crippen molar-refractivity contribution in [1.29, 1.82) is 0 Å². The number of rotatable bonds is 5. The molecular formula is C13H24N2O3. The number of nitrogens with zero attached hydrogens (tertiary/aromatic N) is 1. The van der Waals surface area contributed by atoms with E-state index < -0.39 is 11.5 Å². The van der Waals surface area contributed by atoms with Gasteiger partial charge >= 0.3 is 12.0 Å². The van der Waals surface area contributed by atoms with Crippen molar-refractivity contribution in [3.05, 3.63) is 0 Å². The Hall–Kier alpha value is -1.26. The van der Waals surface area contributed by atoms with E-state index >= 15 is 0 Å². The molecule has 5 heteroatoms. The molecule has 0 aliphatic carbocycles.